The summed E-state index contributed by atoms with van der Waals surface area (Å²) in [5.74, 6) is 1.64. The van der Waals surface area contributed by atoms with Crippen molar-refractivity contribution < 1.29 is 9.34 Å². The molecule has 0 saturated heterocycles. The molecule has 3 rings (SSSR count). The SMILES string of the molecule is O=[N+]([O-])c1cccnc1NCc1nnc(C2CC2)o1. The molecule has 0 unspecified atom stereocenters. The van der Waals surface area contributed by atoms with E-state index < -0.39 is 4.92 Å². The molecule has 1 N–H and O–H groups in total. The molecule has 1 aliphatic rings. The van der Waals surface area contributed by atoms with Gasteiger partial charge < -0.3 is 9.73 Å². The van der Waals surface area contributed by atoms with Crippen LogP contribution < -0.4 is 5.32 Å². The first-order valence-corrected chi connectivity index (χ1v) is 5.89. The van der Waals surface area contributed by atoms with Gasteiger partial charge >= 0.3 is 5.69 Å². The number of rotatable bonds is 5. The van der Waals surface area contributed by atoms with Crippen molar-refractivity contribution in [2.75, 3.05) is 5.32 Å². The molecule has 2 heterocycles. The van der Waals surface area contributed by atoms with Crippen LogP contribution in [0.4, 0.5) is 11.5 Å². The van der Waals surface area contributed by atoms with Crippen molar-refractivity contribution in [1.82, 2.24) is 15.2 Å². The van der Waals surface area contributed by atoms with Gasteiger partial charge in [-0.25, -0.2) is 4.98 Å². The van der Waals surface area contributed by atoms with E-state index in [-0.39, 0.29) is 18.1 Å². The van der Waals surface area contributed by atoms with E-state index in [4.69, 9.17) is 4.42 Å². The summed E-state index contributed by atoms with van der Waals surface area (Å²) in [6.07, 6.45) is 3.65. The number of nitrogens with zero attached hydrogens (tertiary/aromatic N) is 4. The highest BCUT2D eigenvalue weighted by atomic mass is 16.6. The van der Waals surface area contributed by atoms with E-state index in [1.807, 2.05) is 0 Å². The largest absolute Gasteiger partial charge is 0.423 e. The van der Waals surface area contributed by atoms with Crippen molar-refractivity contribution in [3.8, 4) is 0 Å². The molecule has 98 valence electrons. The summed E-state index contributed by atoms with van der Waals surface area (Å²) >= 11 is 0. The zero-order valence-electron chi connectivity index (χ0n) is 9.94. The Bertz CT molecular complexity index is 608. The first-order valence-electron chi connectivity index (χ1n) is 5.89. The summed E-state index contributed by atoms with van der Waals surface area (Å²) in [6.45, 7) is 0.220. The third-order valence-electron chi connectivity index (χ3n) is 2.80. The fourth-order valence-electron chi connectivity index (χ4n) is 1.67. The first kappa shape index (κ1) is 11.6. The minimum Gasteiger partial charge on any atom is -0.423 e. The van der Waals surface area contributed by atoms with Gasteiger partial charge in [0, 0.05) is 18.2 Å². The summed E-state index contributed by atoms with van der Waals surface area (Å²) in [7, 11) is 0. The molecule has 0 aromatic carbocycles. The van der Waals surface area contributed by atoms with E-state index in [0.29, 0.717) is 17.7 Å². The highest BCUT2D eigenvalue weighted by Crippen LogP contribution is 2.39. The monoisotopic (exact) mass is 261 g/mol. The summed E-state index contributed by atoms with van der Waals surface area (Å²) < 4.78 is 5.45. The van der Waals surface area contributed by atoms with Gasteiger partial charge in [0.15, 0.2) is 0 Å². The van der Waals surface area contributed by atoms with Crippen molar-refractivity contribution >= 4 is 11.5 Å². The lowest BCUT2D eigenvalue weighted by molar-refractivity contribution is -0.384. The van der Waals surface area contributed by atoms with Crippen LogP contribution >= 0.6 is 0 Å². The molecule has 0 bridgehead atoms. The Balaban J connectivity index is 1.69. The molecular weight excluding hydrogens is 250 g/mol. The topological polar surface area (TPSA) is 107 Å². The van der Waals surface area contributed by atoms with Crippen LogP contribution in [0.3, 0.4) is 0 Å². The van der Waals surface area contributed by atoms with E-state index in [9.17, 15) is 10.1 Å². The van der Waals surface area contributed by atoms with Crippen LogP contribution in [-0.2, 0) is 6.54 Å². The Morgan fingerprint density at radius 3 is 3.05 bits per heavy atom. The van der Waals surface area contributed by atoms with Crippen molar-refractivity contribution in [1.29, 1.82) is 0 Å². The highest BCUT2D eigenvalue weighted by Gasteiger charge is 2.29. The lowest BCUT2D eigenvalue weighted by atomic mass is 10.4. The molecule has 1 aliphatic carbocycles. The maximum Gasteiger partial charge on any atom is 0.311 e. The van der Waals surface area contributed by atoms with Crippen LogP contribution in [0.1, 0.15) is 30.5 Å². The molecule has 8 heteroatoms. The maximum atomic E-state index is 10.8. The number of aromatic nitrogens is 3. The van der Waals surface area contributed by atoms with Gasteiger partial charge in [-0.05, 0) is 18.9 Å². The van der Waals surface area contributed by atoms with Crippen LogP contribution in [0, 0.1) is 10.1 Å². The lowest BCUT2D eigenvalue weighted by Gasteiger charge is -2.02. The number of nitro groups is 1. The molecule has 2 aromatic rings. The molecule has 1 fully saturated rings. The smallest absolute Gasteiger partial charge is 0.311 e. The van der Waals surface area contributed by atoms with Gasteiger partial charge in [-0.3, -0.25) is 10.1 Å². The van der Waals surface area contributed by atoms with Gasteiger partial charge in [-0.15, -0.1) is 10.2 Å². The molecule has 2 aromatic heterocycles. The van der Waals surface area contributed by atoms with Gasteiger partial charge in [0.25, 0.3) is 0 Å². The lowest BCUT2D eigenvalue weighted by Crippen LogP contribution is -2.04. The fourth-order valence-corrected chi connectivity index (χ4v) is 1.67. The number of hydrogen-bond acceptors (Lipinski definition) is 7. The fraction of sp³-hybridized carbons (Fsp3) is 0.364. The Morgan fingerprint density at radius 1 is 1.47 bits per heavy atom. The summed E-state index contributed by atoms with van der Waals surface area (Å²) in [4.78, 5) is 14.2. The molecule has 0 atom stereocenters. The summed E-state index contributed by atoms with van der Waals surface area (Å²) in [5.41, 5.74) is -0.0792. The number of hydrogen-bond donors (Lipinski definition) is 1. The van der Waals surface area contributed by atoms with Crippen molar-refractivity contribution in [3.05, 3.63) is 40.2 Å². The van der Waals surface area contributed by atoms with E-state index >= 15 is 0 Å². The van der Waals surface area contributed by atoms with Crippen molar-refractivity contribution in [3.63, 3.8) is 0 Å². The van der Waals surface area contributed by atoms with E-state index in [0.717, 1.165) is 12.8 Å². The molecule has 1 saturated carbocycles. The normalized spacial score (nSPS) is 14.3. The minimum absolute atomic E-state index is 0.0792. The van der Waals surface area contributed by atoms with Crippen LogP contribution in [0.2, 0.25) is 0 Å². The molecule has 0 spiro atoms. The Hall–Kier alpha value is -2.51. The maximum absolute atomic E-state index is 10.8. The molecular formula is C11H11N5O3. The Morgan fingerprint density at radius 2 is 2.32 bits per heavy atom. The van der Waals surface area contributed by atoms with Crippen LogP contribution in [0.5, 0.6) is 0 Å². The standard InChI is InChI=1S/C11H11N5O3/c17-16(18)8-2-1-5-12-10(8)13-6-9-14-15-11(19-9)7-3-4-7/h1-2,5,7H,3-4,6H2,(H,12,13). The molecule has 0 radical (unpaired) electrons. The molecule has 8 nitrogen and oxygen atoms in total. The summed E-state index contributed by atoms with van der Waals surface area (Å²) in [5, 5.41) is 21.5. The molecule has 0 amide bonds. The van der Waals surface area contributed by atoms with Crippen LogP contribution in [0.25, 0.3) is 0 Å². The van der Waals surface area contributed by atoms with E-state index in [1.54, 1.807) is 0 Å². The first-order chi connectivity index (χ1) is 9.24. The van der Waals surface area contributed by atoms with Crippen LogP contribution in [-0.4, -0.2) is 20.1 Å². The third-order valence-corrected chi connectivity index (χ3v) is 2.80. The van der Waals surface area contributed by atoms with E-state index in [2.05, 4.69) is 20.5 Å². The Labute approximate surface area is 108 Å². The average molecular weight is 261 g/mol. The predicted octanol–water partition coefficient (Wildman–Crippen LogP) is 1.86. The number of pyridine rings is 1. The second kappa shape index (κ2) is 4.63. The van der Waals surface area contributed by atoms with Gasteiger partial charge in [0.2, 0.25) is 17.6 Å². The van der Waals surface area contributed by atoms with Gasteiger partial charge in [-0.1, -0.05) is 0 Å². The predicted molar refractivity (Wildman–Crippen MR) is 64.5 cm³/mol. The summed E-state index contributed by atoms with van der Waals surface area (Å²) in [6, 6.07) is 2.90. The number of anilines is 1. The zero-order chi connectivity index (χ0) is 13.2. The molecule has 0 aliphatic heterocycles. The van der Waals surface area contributed by atoms with Crippen molar-refractivity contribution in [2.45, 2.75) is 25.3 Å². The highest BCUT2D eigenvalue weighted by molar-refractivity contribution is 5.54. The Kier molecular flexibility index (Phi) is 2.82. The zero-order valence-corrected chi connectivity index (χ0v) is 9.94. The van der Waals surface area contributed by atoms with Crippen LogP contribution in [0.15, 0.2) is 22.7 Å². The van der Waals surface area contributed by atoms with Gasteiger partial charge in [0.1, 0.15) is 0 Å². The third kappa shape index (κ3) is 2.51. The second-order valence-corrected chi connectivity index (χ2v) is 4.29. The van der Waals surface area contributed by atoms with E-state index in [1.165, 1.54) is 18.3 Å². The van der Waals surface area contributed by atoms with Gasteiger partial charge in [-0.2, -0.15) is 0 Å². The molecule has 19 heavy (non-hydrogen) atoms. The number of nitrogens with one attached hydrogen (secondary N) is 1. The van der Waals surface area contributed by atoms with Crippen molar-refractivity contribution in [2.24, 2.45) is 0 Å². The second-order valence-electron chi connectivity index (χ2n) is 4.29. The quantitative estimate of drug-likeness (QED) is 0.646. The minimum atomic E-state index is -0.487. The van der Waals surface area contributed by atoms with Gasteiger partial charge in [0.05, 0.1) is 11.5 Å². The average Bonchev–Trinajstić information content (AvgIpc) is 3.16.